The highest BCUT2D eigenvalue weighted by Crippen LogP contribution is 2.30. The minimum atomic E-state index is -4.26. The number of ether oxygens (including phenoxy) is 1. The molecule has 5 rings (SSSR count). The molecule has 2 heterocycles. The standard InChI is InChI=1S/C30H28N6O4S2.ClH/c1-3-40-27(37)18-36(42(38,39)26-8-4-6-20-7-5-15-33-28(20)26)22-13-14-25-23(17-22)34-24(30(41)35(25)2)16-19-9-11-21(12-10-19)29(31)32;/h4-15,17H,3,16,18H2,1-2H3,(H3,31,32);1H. The van der Waals surface area contributed by atoms with E-state index < -0.39 is 22.5 Å². The van der Waals surface area contributed by atoms with Gasteiger partial charge in [-0.3, -0.25) is 19.5 Å². The number of nitrogens with two attached hydrogens (primary N) is 1. The number of carbonyl (C=O) groups is 1. The molecule has 43 heavy (non-hydrogen) atoms. The van der Waals surface area contributed by atoms with Crippen LogP contribution in [-0.4, -0.2) is 47.9 Å². The SMILES string of the molecule is CCOC(=O)CN(c1ccc2c(c1)nc(Cc1ccc(C(=N)N)cc1)c(=S)n2C)S(=O)(=O)c1cccc2cccnc12.Cl. The number of hydrogen-bond acceptors (Lipinski definition) is 8. The van der Waals surface area contributed by atoms with Crippen molar-refractivity contribution in [1.29, 1.82) is 5.41 Å². The Morgan fingerprint density at radius 2 is 1.81 bits per heavy atom. The predicted molar refractivity (Wildman–Crippen MR) is 172 cm³/mol. The molecule has 0 amide bonds. The van der Waals surface area contributed by atoms with Crippen LogP contribution in [0.15, 0.2) is 83.9 Å². The highest BCUT2D eigenvalue weighted by molar-refractivity contribution is 7.93. The van der Waals surface area contributed by atoms with Gasteiger partial charge in [0.25, 0.3) is 10.0 Å². The lowest BCUT2D eigenvalue weighted by molar-refractivity contribution is -0.141. The first-order valence-electron chi connectivity index (χ1n) is 13.0. The summed E-state index contributed by atoms with van der Waals surface area (Å²) >= 11 is 5.70. The molecule has 10 nitrogen and oxygen atoms in total. The average molecular weight is 637 g/mol. The number of anilines is 1. The van der Waals surface area contributed by atoms with E-state index in [9.17, 15) is 13.2 Å². The van der Waals surface area contributed by atoms with Crippen LogP contribution >= 0.6 is 24.6 Å². The Kier molecular flexibility index (Phi) is 9.43. The van der Waals surface area contributed by atoms with Gasteiger partial charge in [0.05, 0.1) is 34.5 Å². The molecular formula is C30H29ClN6O4S2. The maximum absolute atomic E-state index is 14.1. The first-order valence-corrected chi connectivity index (χ1v) is 14.9. The second-order valence-corrected chi connectivity index (χ2v) is 11.7. The van der Waals surface area contributed by atoms with Gasteiger partial charge in [0.15, 0.2) is 0 Å². The predicted octanol–water partition coefficient (Wildman–Crippen LogP) is 4.91. The molecule has 0 saturated carbocycles. The summed E-state index contributed by atoms with van der Waals surface area (Å²) < 4.78 is 36.8. The maximum atomic E-state index is 14.1. The molecule has 222 valence electrons. The minimum absolute atomic E-state index is 0. The fourth-order valence-electron chi connectivity index (χ4n) is 4.69. The van der Waals surface area contributed by atoms with Gasteiger partial charge < -0.3 is 15.0 Å². The number of amidine groups is 1. The van der Waals surface area contributed by atoms with Gasteiger partial charge in [-0.25, -0.2) is 13.4 Å². The van der Waals surface area contributed by atoms with Crippen molar-refractivity contribution in [2.24, 2.45) is 12.8 Å². The first kappa shape index (κ1) is 31.5. The number of nitrogens with one attached hydrogen (secondary N) is 1. The summed E-state index contributed by atoms with van der Waals surface area (Å²) in [4.78, 5) is 21.7. The zero-order valence-corrected chi connectivity index (χ0v) is 25.8. The van der Waals surface area contributed by atoms with Crippen molar-refractivity contribution >= 4 is 74.1 Å². The second-order valence-electron chi connectivity index (χ2n) is 9.53. The van der Waals surface area contributed by atoms with Gasteiger partial charge in [-0.1, -0.05) is 54.7 Å². The Bertz CT molecular complexity index is 2010. The van der Waals surface area contributed by atoms with Crippen molar-refractivity contribution in [3.63, 3.8) is 0 Å². The Labute approximate surface area is 260 Å². The number of hydrogen-bond donors (Lipinski definition) is 2. The lowest BCUT2D eigenvalue weighted by Gasteiger charge is -2.24. The van der Waals surface area contributed by atoms with Crippen LogP contribution in [0, 0.1) is 10.0 Å². The summed E-state index contributed by atoms with van der Waals surface area (Å²) in [7, 11) is -2.44. The molecule has 0 aliphatic heterocycles. The van der Waals surface area contributed by atoms with E-state index in [0.29, 0.717) is 44.3 Å². The van der Waals surface area contributed by atoms with Gasteiger partial charge in [-0.05, 0) is 42.8 Å². The highest BCUT2D eigenvalue weighted by Gasteiger charge is 2.30. The summed E-state index contributed by atoms with van der Waals surface area (Å²) in [6.45, 7) is 1.23. The largest absolute Gasteiger partial charge is 0.465 e. The number of aromatic nitrogens is 3. The van der Waals surface area contributed by atoms with Gasteiger partial charge in [0.1, 0.15) is 21.9 Å². The smallest absolute Gasteiger partial charge is 0.326 e. The van der Waals surface area contributed by atoms with Gasteiger partial charge in [-0.15, -0.1) is 12.4 Å². The molecule has 0 saturated heterocycles. The highest BCUT2D eigenvalue weighted by atomic mass is 35.5. The minimum Gasteiger partial charge on any atom is -0.465 e. The van der Waals surface area contributed by atoms with E-state index in [-0.39, 0.29) is 35.4 Å². The third kappa shape index (κ3) is 6.36. The lowest BCUT2D eigenvalue weighted by atomic mass is 10.1. The Balaban J connectivity index is 0.00000423. The van der Waals surface area contributed by atoms with Crippen molar-refractivity contribution in [1.82, 2.24) is 14.5 Å². The zero-order chi connectivity index (χ0) is 30.0. The molecule has 13 heteroatoms. The van der Waals surface area contributed by atoms with Crippen molar-refractivity contribution < 1.29 is 17.9 Å². The number of nitrogen functional groups attached to an aromatic ring is 1. The number of nitrogens with zero attached hydrogens (tertiary/aromatic N) is 4. The van der Waals surface area contributed by atoms with E-state index in [1.54, 1.807) is 61.5 Å². The van der Waals surface area contributed by atoms with Gasteiger partial charge in [-0.2, -0.15) is 0 Å². The number of para-hydroxylation sites is 1. The molecule has 0 aliphatic rings. The Morgan fingerprint density at radius 3 is 2.51 bits per heavy atom. The van der Waals surface area contributed by atoms with Crippen molar-refractivity contribution in [3.8, 4) is 0 Å². The molecule has 0 fully saturated rings. The third-order valence-electron chi connectivity index (χ3n) is 6.79. The van der Waals surface area contributed by atoms with Gasteiger partial charge in [0.2, 0.25) is 0 Å². The van der Waals surface area contributed by atoms with Crippen LogP contribution in [0.4, 0.5) is 5.69 Å². The van der Waals surface area contributed by atoms with E-state index in [2.05, 4.69) is 4.98 Å². The first-order chi connectivity index (χ1) is 20.1. The fraction of sp³-hybridized carbons (Fsp3) is 0.167. The molecule has 0 bridgehead atoms. The summed E-state index contributed by atoms with van der Waals surface area (Å²) in [6.07, 6.45) is 1.94. The van der Waals surface area contributed by atoms with Crippen LogP contribution < -0.4 is 10.0 Å². The van der Waals surface area contributed by atoms with Crippen molar-refractivity contribution in [3.05, 3.63) is 100 Å². The lowest BCUT2D eigenvalue weighted by Crippen LogP contribution is -2.36. The molecule has 0 unspecified atom stereocenters. The van der Waals surface area contributed by atoms with E-state index in [1.165, 1.54) is 12.3 Å². The fourth-order valence-corrected chi connectivity index (χ4v) is 6.47. The van der Waals surface area contributed by atoms with Crippen molar-refractivity contribution in [2.75, 3.05) is 17.5 Å². The van der Waals surface area contributed by atoms with Crippen LogP contribution in [0.5, 0.6) is 0 Å². The average Bonchev–Trinajstić information content (AvgIpc) is 2.98. The Hall–Kier alpha value is -4.39. The molecule has 3 N–H and O–H groups in total. The topological polar surface area (TPSA) is 144 Å². The maximum Gasteiger partial charge on any atom is 0.326 e. The molecule has 5 aromatic rings. The van der Waals surface area contributed by atoms with E-state index in [1.807, 2.05) is 23.7 Å². The molecule has 0 atom stereocenters. The molecule has 0 radical (unpaired) electrons. The van der Waals surface area contributed by atoms with E-state index in [4.69, 9.17) is 33.1 Å². The number of pyridine rings is 1. The molecule has 3 aromatic carbocycles. The third-order valence-corrected chi connectivity index (χ3v) is 9.11. The number of aryl methyl sites for hydroxylation is 1. The molecular weight excluding hydrogens is 608 g/mol. The summed E-state index contributed by atoms with van der Waals surface area (Å²) in [5, 5.41) is 8.26. The molecule has 2 aromatic heterocycles. The Morgan fingerprint density at radius 1 is 1.09 bits per heavy atom. The van der Waals surface area contributed by atoms with Crippen LogP contribution in [0.2, 0.25) is 0 Å². The molecule has 0 spiro atoms. The number of sulfonamides is 1. The normalized spacial score (nSPS) is 11.2. The quantitative estimate of drug-likeness (QED) is 0.101. The summed E-state index contributed by atoms with van der Waals surface area (Å²) in [5.74, 6) is -0.710. The number of esters is 1. The molecule has 0 aliphatic carbocycles. The number of fused-ring (bicyclic) bond motifs is 2. The number of halogens is 1. The van der Waals surface area contributed by atoms with Crippen LogP contribution in [0.3, 0.4) is 0 Å². The number of carbonyl (C=O) groups excluding carboxylic acids is 1. The van der Waals surface area contributed by atoms with Crippen molar-refractivity contribution in [2.45, 2.75) is 18.2 Å². The van der Waals surface area contributed by atoms with Gasteiger partial charge >= 0.3 is 5.97 Å². The van der Waals surface area contributed by atoms with Crippen LogP contribution in [0.1, 0.15) is 23.7 Å². The van der Waals surface area contributed by atoms with E-state index in [0.717, 1.165) is 9.87 Å². The number of benzene rings is 3. The van der Waals surface area contributed by atoms with E-state index >= 15 is 0 Å². The summed E-state index contributed by atoms with van der Waals surface area (Å²) in [6, 6.07) is 20.6. The number of rotatable bonds is 9. The van der Waals surface area contributed by atoms with Crippen LogP contribution in [-0.2, 0) is 33.0 Å². The van der Waals surface area contributed by atoms with Crippen LogP contribution in [0.25, 0.3) is 21.9 Å². The van der Waals surface area contributed by atoms with Gasteiger partial charge in [0, 0.05) is 30.6 Å². The zero-order valence-electron chi connectivity index (χ0n) is 23.4. The second kappa shape index (κ2) is 12.9. The monoisotopic (exact) mass is 636 g/mol. The summed E-state index contributed by atoms with van der Waals surface area (Å²) in [5.41, 5.74) is 9.46.